The van der Waals surface area contributed by atoms with Crippen LogP contribution in [0, 0.1) is 17.7 Å². The second-order valence-corrected chi connectivity index (χ2v) is 4.55. The molecular weight excluding hydrogens is 293 g/mol. The number of anilines is 1. The quantitative estimate of drug-likeness (QED) is 0.838. The third-order valence-corrected chi connectivity index (χ3v) is 2.87. The lowest BCUT2D eigenvalue weighted by Gasteiger charge is -2.08. The van der Waals surface area contributed by atoms with E-state index in [2.05, 4.69) is 17.2 Å². The molecule has 1 amide bonds. The minimum atomic E-state index is -0.410. The highest BCUT2D eigenvalue weighted by Gasteiger charge is 2.09. The Morgan fingerprint density at radius 3 is 2.62 bits per heavy atom. The topological polar surface area (TPSA) is 49.3 Å². The van der Waals surface area contributed by atoms with Crippen molar-refractivity contribution in [2.75, 3.05) is 11.9 Å². The first-order valence-corrected chi connectivity index (χ1v) is 6.44. The molecule has 0 radical (unpaired) electrons. The predicted molar refractivity (Wildman–Crippen MR) is 79.8 cm³/mol. The number of hydrogen-bond acceptors (Lipinski definition) is 2. The van der Waals surface area contributed by atoms with Gasteiger partial charge in [-0.05, 0) is 42.5 Å². The van der Waals surface area contributed by atoms with Crippen LogP contribution >= 0.6 is 11.6 Å². The summed E-state index contributed by atoms with van der Waals surface area (Å²) in [6, 6.07) is 10.0. The number of nitrogens with one attached hydrogen (secondary N) is 1. The largest absolute Gasteiger partial charge is 0.384 e. The Hall–Kier alpha value is -2.35. The lowest BCUT2D eigenvalue weighted by molar-refractivity contribution is 0.102. The third-order valence-electron chi connectivity index (χ3n) is 2.64. The van der Waals surface area contributed by atoms with E-state index >= 15 is 0 Å². The molecule has 21 heavy (non-hydrogen) atoms. The van der Waals surface area contributed by atoms with Crippen LogP contribution in [-0.4, -0.2) is 17.6 Å². The van der Waals surface area contributed by atoms with Gasteiger partial charge in [-0.25, -0.2) is 4.39 Å². The van der Waals surface area contributed by atoms with Gasteiger partial charge in [-0.15, -0.1) is 0 Å². The second kappa shape index (κ2) is 6.89. The van der Waals surface area contributed by atoms with Crippen LogP contribution in [0.5, 0.6) is 0 Å². The van der Waals surface area contributed by atoms with Gasteiger partial charge in [0.25, 0.3) is 5.91 Å². The fraction of sp³-hybridized carbons (Fsp3) is 0.0625. The Labute approximate surface area is 126 Å². The van der Waals surface area contributed by atoms with Gasteiger partial charge >= 0.3 is 0 Å². The molecule has 0 saturated heterocycles. The SMILES string of the molecule is O=C(Nc1ccc(Cl)cc1C#CCO)c1ccc(F)cc1. The molecule has 5 heteroatoms. The van der Waals surface area contributed by atoms with Crippen LogP contribution in [0.2, 0.25) is 5.02 Å². The molecule has 0 unspecified atom stereocenters. The number of halogens is 2. The summed E-state index contributed by atoms with van der Waals surface area (Å²) in [5, 5.41) is 11.9. The first-order chi connectivity index (χ1) is 10.1. The number of rotatable bonds is 2. The van der Waals surface area contributed by atoms with E-state index in [1.807, 2.05) is 0 Å². The number of benzene rings is 2. The molecule has 2 rings (SSSR count). The molecule has 106 valence electrons. The lowest BCUT2D eigenvalue weighted by atomic mass is 10.1. The Morgan fingerprint density at radius 2 is 1.95 bits per heavy atom. The number of aliphatic hydroxyl groups is 1. The van der Waals surface area contributed by atoms with Gasteiger partial charge in [-0.3, -0.25) is 4.79 Å². The molecule has 3 nitrogen and oxygen atoms in total. The maximum absolute atomic E-state index is 12.8. The fourth-order valence-electron chi connectivity index (χ4n) is 1.66. The van der Waals surface area contributed by atoms with Crippen LogP contribution in [0.1, 0.15) is 15.9 Å². The van der Waals surface area contributed by atoms with Crippen molar-refractivity contribution in [3.8, 4) is 11.8 Å². The van der Waals surface area contributed by atoms with Crippen molar-refractivity contribution in [2.45, 2.75) is 0 Å². The Bertz CT molecular complexity index is 717. The highest BCUT2D eigenvalue weighted by atomic mass is 35.5. The molecule has 0 fully saturated rings. The summed E-state index contributed by atoms with van der Waals surface area (Å²) < 4.78 is 12.8. The number of hydrogen-bond donors (Lipinski definition) is 2. The summed E-state index contributed by atoms with van der Waals surface area (Å²) in [5.74, 6) is 4.41. The van der Waals surface area contributed by atoms with Gasteiger partial charge in [0.1, 0.15) is 12.4 Å². The van der Waals surface area contributed by atoms with Crippen molar-refractivity contribution < 1.29 is 14.3 Å². The summed E-state index contributed by atoms with van der Waals surface area (Å²) in [6.07, 6.45) is 0. The van der Waals surface area contributed by atoms with Gasteiger partial charge in [-0.1, -0.05) is 23.4 Å². The zero-order valence-corrected chi connectivity index (χ0v) is 11.6. The number of carbonyl (C=O) groups excluding carboxylic acids is 1. The molecule has 2 aromatic carbocycles. The summed E-state index contributed by atoms with van der Waals surface area (Å²) >= 11 is 5.88. The zero-order valence-electron chi connectivity index (χ0n) is 10.9. The number of carbonyl (C=O) groups is 1. The van der Waals surface area contributed by atoms with Crippen LogP contribution in [0.3, 0.4) is 0 Å². The molecule has 0 aliphatic carbocycles. The van der Waals surface area contributed by atoms with Crippen molar-refractivity contribution >= 4 is 23.2 Å². The zero-order chi connectivity index (χ0) is 15.2. The van der Waals surface area contributed by atoms with E-state index < -0.39 is 5.82 Å². The van der Waals surface area contributed by atoms with E-state index in [0.29, 0.717) is 21.8 Å². The smallest absolute Gasteiger partial charge is 0.255 e. The van der Waals surface area contributed by atoms with Crippen molar-refractivity contribution in [1.29, 1.82) is 0 Å². The van der Waals surface area contributed by atoms with Crippen LogP contribution in [0.15, 0.2) is 42.5 Å². The minimum absolute atomic E-state index is 0.294. The van der Waals surface area contributed by atoms with Gasteiger partial charge in [-0.2, -0.15) is 0 Å². The first kappa shape index (κ1) is 15.0. The second-order valence-electron chi connectivity index (χ2n) is 4.11. The molecule has 0 heterocycles. The Kier molecular flexibility index (Phi) is 4.94. The van der Waals surface area contributed by atoms with Crippen LogP contribution in [-0.2, 0) is 0 Å². The van der Waals surface area contributed by atoms with Gasteiger partial charge < -0.3 is 10.4 Å². The molecule has 0 aliphatic heterocycles. The standard InChI is InChI=1S/C16H11ClFNO2/c17-13-5-8-15(12(10-13)2-1-9-20)19-16(21)11-3-6-14(18)7-4-11/h3-8,10,20H,9H2,(H,19,21). The first-order valence-electron chi connectivity index (χ1n) is 6.06. The van der Waals surface area contributed by atoms with Crippen molar-refractivity contribution in [2.24, 2.45) is 0 Å². The van der Waals surface area contributed by atoms with Crippen molar-refractivity contribution in [3.05, 3.63) is 64.4 Å². The molecular formula is C16H11ClFNO2. The minimum Gasteiger partial charge on any atom is -0.384 e. The monoisotopic (exact) mass is 303 g/mol. The van der Waals surface area contributed by atoms with E-state index in [-0.39, 0.29) is 12.5 Å². The van der Waals surface area contributed by atoms with E-state index in [0.717, 1.165) is 0 Å². The van der Waals surface area contributed by atoms with Crippen LogP contribution in [0.4, 0.5) is 10.1 Å². The normalized spacial score (nSPS) is 9.67. The average molecular weight is 304 g/mol. The maximum atomic E-state index is 12.8. The Morgan fingerprint density at radius 1 is 1.24 bits per heavy atom. The third kappa shape index (κ3) is 4.06. The number of aliphatic hydroxyl groups excluding tert-OH is 1. The van der Waals surface area contributed by atoms with Crippen LogP contribution < -0.4 is 5.32 Å². The fourth-order valence-corrected chi connectivity index (χ4v) is 1.83. The van der Waals surface area contributed by atoms with E-state index in [1.165, 1.54) is 24.3 Å². The van der Waals surface area contributed by atoms with Crippen molar-refractivity contribution in [1.82, 2.24) is 0 Å². The summed E-state index contributed by atoms with van der Waals surface area (Å²) in [6.45, 7) is -0.294. The summed E-state index contributed by atoms with van der Waals surface area (Å²) in [5.41, 5.74) is 1.29. The lowest BCUT2D eigenvalue weighted by Crippen LogP contribution is -2.12. The molecule has 0 spiro atoms. The number of amides is 1. The van der Waals surface area contributed by atoms with Gasteiger partial charge in [0.05, 0.1) is 5.69 Å². The highest BCUT2D eigenvalue weighted by molar-refractivity contribution is 6.30. The van der Waals surface area contributed by atoms with E-state index in [4.69, 9.17) is 16.7 Å². The molecule has 0 saturated carbocycles. The molecule has 2 aromatic rings. The van der Waals surface area contributed by atoms with Gasteiger partial charge in [0, 0.05) is 16.1 Å². The van der Waals surface area contributed by atoms with Crippen LogP contribution in [0.25, 0.3) is 0 Å². The maximum Gasteiger partial charge on any atom is 0.255 e. The van der Waals surface area contributed by atoms with E-state index in [9.17, 15) is 9.18 Å². The molecule has 0 aliphatic rings. The molecule has 2 N–H and O–H groups in total. The van der Waals surface area contributed by atoms with Crippen molar-refractivity contribution in [3.63, 3.8) is 0 Å². The van der Waals surface area contributed by atoms with E-state index in [1.54, 1.807) is 18.2 Å². The molecule has 0 bridgehead atoms. The predicted octanol–water partition coefficient (Wildman–Crippen LogP) is 3.08. The van der Waals surface area contributed by atoms with Gasteiger partial charge in [0.2, 0.25) is 0 Å². The average Bonchev–Trinajstić information content (AvgIpc) is 2.48. The molecule has 0 aromatic heterocycles. The summed E-state index contributed by atoms with van der Waals surface area (Å²) in [7, 11) is 0. The van der Waals surface area contributed by atoms with Gasteiger partial charge in [0.15, 0.2) is 0 Å². The summed E-state index contributed by atoms with van der Waals surface area (Å²) in [4.78, 5) is 12.1. The Balaban J connectivity index is 2.26. The molecule has 0 atom stereocenters. The highest BCUT2D eigenvalue weighted by Crippen LogP contribution is 2.20.